The summed E-state index contributed by atoms with van der Waals surface area (Å²) in [5.41, 5.74) is 1.97. The summed E-state index contributed by atoms with van der Waals surface area (Å²) in [6.07, 6.45) is 7.16. The molecule has 1 aliphatic carbocycles. The second-order valence-corrected chi connectivity index (χ2v) is 6.65. The molecule has 0 radical (unpaired) electrons. The second-order valence-electron chi connectivity index (χ2n) is 6.65. The molecule has 0 aromatic heterocycles. The van der Waals surface area contributed by atoms with Crippen molar-refractivity contribution in [1.82, 2.24) is 0 Å². The summed E-state index contributed by atoms with van der Waals surface area (Å²) in [6.45, 7) is 6.41. The molecule has 1 heterocycles. The maximum Gasteiger partial charge on any atom is 0.236 e. The normalized spacial score (nSPS) is 28.9. The number of rotatable bonds is 2. The molecule has 1 atom stereocenters. The Bertz CT molecular complexity index is 558. The van der Waals surface area contributed by atoms with Gasteiger partial charge in [0.2, 0.25) is 5.91 Å². The molecule has 0 spiro atoms. The van der Waals surface area contributed by atoms with Gasteiger partial charge in [0.15, 0.2) is 0 Å². The maximum absolute atomic E-state index is 12.6. The molecule has 3 rings (SSSR count). The van der Waals surface area contributed by atoms with Crippen LogP contribution >= 0.6 is 0 Å². The van der Waals surface area contributed by atoms with E-state index in [-0.39, 0.29) is 16.9 Å². The molecule has 2 nitrogen and oxygen atoms in total. The molecule has 0 saturated carbocycles. The van der Waals surface area contributed by atoms with Crippen LogP contribution in [-0.2, 0) is 4.79 Å². The van der Waals surface area contributed by atoms with Crippen LogP contribution in [0.2, 0.25) is 0 Å². The van der Waals surface area contributed by atoms with Crippen molar-refractivity contribution in [2.24, 2.45) is 5.41 Å². The lowest BCUT2D eigenvalue weighted by Gasteiger charge is -2.62. The molecule has 1 aromatic carbocycles. The van der Waals surface area contributed by atoms with Crippen LogP contribution in [0.3, 0.4) is 0 Å². The molecule has 1 amide bonds. The van der Waals surface area contributed by atoms with Gasteiger partial charge in [-0.2, -0.15) is 0 Å². The first kappa shape index (κ1) is 13.4. The van der Waals surface area contributed by atoms with Crippen molar-refractivity contribution in [3.8, 4) is 0 Å². The van der Waals surface area contributed by atoms with Crippen LogP contribution in [0.5, 0.6) is 0 Å². The lowest BCUT2D eigenvalue weighted by atomic mass is 9.58. The van der Waals surface area contributed by atoms with Gasteiger partial charge in [0.25, 0.3) is 0 Å². The second kappa shape index (κ2) is 4.47. The molecule has 0 N–H and O–H groups in total. The van der Waals surface area contributed by atoms with Crippen LogP contribution in [0.1, 0.15) is 46.5 Å². The highest BCUT2D eigenvalue weighted by atomic mass is 16.2. The van der Waals surface area contributed by atoms with Crippen molar-refractivity contribution in [2.45, 2.75) is 52.0 Å². The predicted octanol–water partition coefficient (Wildman–Crippen LogP) is 4.32. The minimum absolute atomic E-state index is 0.175. The van der Waals surface area contributed by atoms with Crippen LogP contribution in [0, 0.1) is 5.41 Å². The first-order chi connectivity index (χ1) is 9.49. The Kier molecular flexibility index (Phi) is 3.00. The van der Waals surface area contributed by atoms with Crippen LogP contribution in [0.4, 0.5) is 5.69 Å². The third kappa shape index (κ3) is 1.60. The molecule has 1 unspecified atom stereocenters. The lowest BCUT2D eigenvalue weighted by molar-refractivity contribution is -0.141. The van der Waals surface area contributed by atoms with Gasteiger partial charge < -0.3 is 4.90 Å². The highest BCUT2D eigenvalue weighted by Crippen LogP contribution is 2.55. The van der Waals surface area contributed by atoms with Crippen molar-refractivity contribution < 1.29 is 4.79 Å². The average Bonchev–Trinajstić information content (AvgIpc) is 2.49. The number of allylic oxidation sites excluding steroid dienone is 1. The molecular weight excluding hydrogens is 246 g/mol. The van der Waals surface area contributed by atoms with Gasteiger partial charge in [-0.25, -0.2) is 0 Å². The van der Waals surface area contributed by atoms with Crippen molar-refractivity contribution in [3.05, 3.63) is 42.0 Å². The number of nitrogens with zero attached hydrogens (tertiary/aromatic N) is 1. The van der Waals surface area contributed by atoms with Gasteiger partial charge in [-0.15, -0.1) is 0 Å². The quantitative estimate of drug-likeness (QED) is 0.578. The van der Waals surface area contributed by atoms with E-state index in [9.17, 15) is 4.79 Å². The fraction of sp³-hybridized carbons (Fsp3) is 0.500. The van der Waals surface area contributed by atoms with Gasteiger partial charge in [0, 0.05) is 5.69 Å². The Balaban J connectivity index is 2.05. The first-order valence-electron chi connectivity index (χ1n) is 7.59. The van der Waals surface area contributed by atoms with Crippen molar-refractivity contribution in [3.63, 3.8) is 0 Å². The zero-order valence-corrected chi connectivity index (χ0v) is 12.6. The summed E-state index contributed by atoms with van der Waals surface area (Å²) in [6, 6.07) is 10.1. The van der Waals surface area contributed by atoms with E-state index in [1.54, 1.807) is 0 Å². The van der Waals surface area contributed by atoms with Gasteiger partial charge in [-0.05, 0) is 64.2 Å². The highest BCUT2D eigenvalue weighted by Gasteiger charge is 2.64. The molecule has 2 heteroatoms. The molecule has 1 fully saturated rings. The number of hydrogen-bond donors (Lipinski definition) is 0. The monoisotopic (exact) mass is 269 g/mol. The summed E-state index contributed by atoms with van der Waals surface area (Å²) in [7, 11) is 0. The van der Waals surface area contributed by atoms with Crippen LogP contribution in [0.15, 0.2) is 42.0 Å². The third-order valence-electron chi connectivity index (χ3n) is 5.33. The minimum atomic E-state index is -0.313. The molecular formula is C18H23NO. The zero-order chi connectivity index (χ0) is 14.4. The zero-order valence-electron chi connectivity index (χ0n) is 12.6. The van der Waals surface area contributed by atoms with Gasteiger partial charge in [0.05, 0.1) is 11.0 Å². The molecule has 1 saturated heterocycles. The molecule has 2 aliphatic rings. The highest BCUT2D eigenvalue weighted by molar-refractivity contribution is 6.08. The fourth-order valence-electron chi connectivity index (χ4n) is 3.70. The van der Waals surface area contributed by atoms with E-state index >= 15 is 0 Å². The molecule has 20 heavy (non-hydrogen) atoms. The van der Waals surface area contributed by atoms with Crippen molar-refractivity contribution in [1.29, 1.82) is 0 Å². The largest absolute Gasteiger partial charge is 0.301 e. The number of anilines is 1. The lowest BCUT2D eigenvalue weighted by Crippen LogP contribution is -2.76. The number of carbonyl (C=O) groups is 1. The Morgan fingerprint density at radius 3 is 2.35 bits per heavy atom. The number of β-lactam (4-membered cyclic amide) rings is 1. The van der Waals surface area contributed by atoms with E-state index in [1.165, 1.54) is 18.4 Å². The molecule has 1 aliphatic heterocycles. The molecule has 106 valence electrons. The summed E-state index contributed by atoms with van der Waals surface area (Å²) in [5, 5.41) is 0. The SMILES string of the molecule is CC1(C)C(=O)N(c2ccccc2)C1(C)C1=CCCCC1. The van der Waals surface area contributed by atoms with E-state index < -0.39 is 0 Å². The number of para-hydroxylation sites is 1. The summed E-state index contributed by atoms with van der Waals surface area (Å²) in [5.74, 6) is 0.234. The van der Waals surface area contributed by atoms with Crippen molar-refractivity contribution in [2.75, 3.05) is 4.90 Å². The Morgan fingerprint density at radius 1 is 1.05 bits per heavy atom. The minimum Gasteiger partial charge on any atom is -0.301 e. The third-order valence-corrected chi connectivity index (χ3v) is 5.33. The van der Waals surface area contributed by atoms with E-state index in [1.807, 2.05) is 35.2 Å². The smallest absolute Gasteiger partial charge is 0.236 e. The number of amides is 1. The van der Waals surface area contributed by atoms with Gasteiger partial charge >= 0.3 is 0 Å². The van der Waals surface area contributed by atoms with E-state index in [4.69, 9.17) is 0 Å². The van der Waals surface area contributed by atoms with Gasteiger partial charge in [-0.3, -0.25) is 4.79 Å². The first-order valence-corrected chi connectivity index (χ1v) is 7.59. The Hall–Kier alpha value is -1.57. The van der Waals surface area contributed by atoms with E-state index in [2.05, 4.69) is 26.8 Å². The summed E-state index contributed by atoms with van der Waals surface area (Å²) < 4.78 is 0. The fourth-order valence-corrected chi connectivity index (χ4v) is 3.70. The Labute approximate surface area is 121 Å². The van der Waals surface area contributed by atoms with Crippen LogP contribution < -0.4 is 4.90 Å². The van der Waals surface area contributed by atoms with Crippen molar-refractivity contribution >= 4 is 11.6 Å². The van der Waals surface area contributed by atoms with Gasteiger partial charge in [-0.1, -0.05) is 24.3 Å². The topological polar surface area (TPSA) is 20.3 Å². The van der Waals surface area contributed by atoms with Crippen LogP contribution in [-0.4, -0.2) is 11.4 Å². The summed E-state index contributed by atoms with van der Waals surface area (Å²) in [4.78, 5) is 14.6. The maximum atomic E-state index is 12.6. The summed E-state index contributed by atoms with van der Waals surface area (Å²) >= 11 is 0. The van der Waals surface area contributed by atoms with E-state index in [0.717, 1.165) is 18.5 Å². The standard InChI is InChI=1S/C18H23NO/c1-17(2)16(20)19(15-12-8-5-9-13-15)18(17,3)14-10-6-4-7-11-14/h5,8-10,12-13H,4,6-7,11H2,1-3H3. The predicted molar refractivity (Wildman–Crippen MR) is 82.7 cm³/mol. The van der Waals surface area contributed by atoms with Crippen LogP contribution in [0.25, 0.3) is 0 Å². The number of benzene rings is 1. The molecule has 0 bridgehead atoms. The molecule has 1 aromatic rings. The van der Waals surface area contributed by atoms with Gasteiger partial charge in [0.1, 0.15) is 0 Å². The van der Waals surface area contributed by atoms with E-state index in [0.29, 0.717) is 0 Å². The number of carbonyl (C=O) groups excluding carboxylic acids is 1. The Morgan fingerprint density at radius 2 is 1.75 bits per heavy atom. The average molecular weight is 269 g/mol. The number of hydrogen-bond acceptors (Lipinski definition) is 1.